The maximum Gasteiger partial charge on any atom is 0.222 e. The third kappa shape index (κ3) is 5.84. The fraction of sp³-hybridized carbons (Fsp3) is 0.364. The van der Waals surface area contributed by atoms with E-state index in [0.717, 1.165) is 37.6 Å². The zero-order chi connectivity index (χ0) is 18.9. The van der Waals surface area contributed by atoms with Crippen molar-refractivity contribution in [3.05, 3.63) is 71.3 Å². The van der Waals surface area contributed by atoms with Crippen LogP contribution in [0.3, 0.4) is 0 Å². The SMILES string of the molecule is CCNC(=NCc1cccc(CN2CCCC2=O)c1)NCc1ccccc1. The lowest BCUT2D eigenvalue weighted by atomic mass is 10.1. The minimum absolute atomic E-state index is 0.262. The summed E-state index contributed by atoms with van der Waals surface area (Å²) in [6.07, 6.45) is 1.66. The Hall–Kier alpha value is -2.82. The molecule has 0 unspecified atom stereocenters. The Morgan fingerprint density at radius 2 is 1.81 bits per heavy atom. The second kappa shape index (κ2) is 9.76. The van der Waals surface area contributed by atoms with Crippen LogP contribution in [0.15, 0.2) is 59.6 Å². The molecule has 0 aliphatic carbocycles. The first-order valence-electron chi connectivity index (χ1n) is 9.66. The smallest absolute Gasteiger partial charge is 0.222 e. The molecule has 0 atom stereocenters. The number of nitrogens with zero attached hydrogens (tertiary/aromatic N) is 2. The number of carbonyl (C=O) groups excluding carboxylic acids is 1. The van der Waals surface area contributed by atoms with Crippen molar-refractivity contribution >= 4 is 11.9 Å². The van der Waals surface area contributed by atoms with E-state index in [0.29, 0.717) is 19.5 Å². The van der Waals surface area contributed by atoms with Gasteiger partial charge in [-0.05, 0) is 30.0 Å². The Morgan fingerprint density at radius 1 is 1.04 bits per heavy atom. The van der Waals surface area contributed by atoms with Crippen molar-refractivity contribution in [1.82, 2.24) is 15.5 Å². The normalized spacial score (nSPS) is 14.5. The van der Waals surface area contributed by atoms with Crippen molar-refractivity contribution in [2.45, 2.75) is 39.4 Å². The molecule has 1 aliphatic heterocycles. The molecule has 2 N–H and O–H groups in total. The lowest BCUT2D eigenvalue weighted by molar-refractivity contribution is -0.128. The number of guanidine groups is 1. The molecule has 0 radical (unpaired) electrons. The van der Waals surface area contributed by atoms with Gasteiger partial charge in [0.2, 0.25) is 5.91 Å². The topological polar surface area (TPSA) is 56.7 Å². The van der Waals surface area contributed by atoms with Gasteiger partial charge in [0.25, 0.3) is 0 Å². The number of likely N-dealkylation sites (tertiary alicyclic amines) is 1. The Morgan fingerprint density at radius 3 is 2.56 bits per heavy atom. The van der Waals surface area contributed by atoms with E-state index in [1.54, 1.807) is 0 Å². The van der Waals surface area contributed by atoms with E-state index in [-0.39, 0.29) is 5.91 Å². The highest BCUT2D eigenvalue weighted by atomic mass is 16.2. The molecule has 1 aliphatic rings. The largest absolute Gasteiger partial charge is 0.357 e. The molecular weight excluding hydrogens is 336 g/mol. The van der Waals surface area contributed by atoms with E-state index >= 15 is 0 Å². The van der Waals surface area contributed by atoms with Crippen molar-refractivity contribution in [1.29, 1.82) is 0 Å². The average Bonchev–Trinajstić information content (AvgIpc) is 3.10. The quantitative estimate of drug-likeness (QED) is 0.586. The summed E-state index contributed by atoms with van der Waals surface area (Å²) in [5, 5.41) is 6.66. The lowest BCUT2D eigenvalue weighted by Gasteiger charge is -2.16. The minimum atomic E-state index is 0.262. The number of amides is 1. The summed E-state index contributed by atoms with van der Waals surface area (Å²) in [6, 6.07) is 18.7. The summed E-state index contributed by atoms with van der Waals surface area (Å²) in [6.45, 7) is 5.79. The van der Waals surface area contributed by atoms with Gasteiger partial charge in [0, 0.05) is 32.6 Å². The van der Waals surface area contributed by atoms with Gasteiger partial charge >= 0.3 is 0 Å². The summed E-state index contributed by atoms with van der Waals surface area (Å²) in [5.41, 5.74) is 3.54. The molecule has 5 nitrogen and oxygen atoms in total. The molecular formula is C22H28N4O. The van der Waals surface area contributed by atoms with Crippen LogP contribution >= 0.6 is 0 Å². The van der Waals surface area contributed by atoms with Crippen LogP contribution in [0, 0.1) is 0 Å². The molecule has 0 aromatic heterocycles. The summed E-state index contributed by atoms with van der Waals surface area (Å²) < 4.78 is 0. The molecule has 2 aromatic rings. The summed E-state index contributed by atoms with van der Waals surface area (Å²) in [4.78, 5) is 18.5. The zero-order valence-electron chi connectivity index (χ0n) is 15.9. The number of carbonyl (C=O) groups is 1. The van der Waals surface area contributed by atoms with E-state index in [2.05, 4.69) is 47.9 Å². The molecule has 0 bridgehead atoms. The minimum Gasteiger partial charge on any atom is -0.357 e. The molecule has 5 heteroatoms. The number of benzene rings is 2. The Balaban J connectivity index is 1.59. The number of rotatable bonds is 7. The Kier molecular flexibility index (Phi) is 6.85. The first-order chi connectivity index (χ1) is 13.2. The molecule has 0 spiro atoms. The van der Waals surface area contributed by atoms with Gasteiger partial charge < -0.3 is 15.5 Å². The molecule has 0 saturated carbocycles. The van der Waals surface area contributed by atoms with Gasteiger partial charge in [-0.3, -0.25) is 4.79 Å². The first-order valence-corrected chi connectivity index (χ1v) is 9.66. The van der Waals surface area contributed by atoms with Crippen molar-refractivity contribution in [2.75, 3.05) is 13.1 Å². The molecule has 2 aromatic carbocycles. The molecule has 27 heavy (non-hydrogen) atoms. The van der Waals surface area contributed by atoms with Crippen LogP contribution < -0.4 is 10.6 Å². The number of hydrogen-bond donors (Lipinski definition) is 2. The second-order valence-electron chi connectivity index (χ2n) is 6.77. The molecule has 1 saturated heterocycles. The third-order valence-electron chi connectivity index (χ3n) is 4.60. The average molecular weight is 364 g/mol. The van der Waals surface area contributed by atoms with Crippen molar-refractivity contribution in [3.8, 4) is 0 Å². The second-order valence-corrected chi connectivity index (χ2v) is 6.77. The Bertz CT molecular complexity index is 773. The standard InChI is InChI=1S/C22H28N4O/c1-2-23-22(24-15-18-8-4-3-5-9-18)25-16-19-10-6-11-20(14-19)17-26-13-7-12-21(26)27/h3-6,8-11,14H,2,7,12-13,15-17H2,1H3,(H2,23,24,25). The van der Waals surface area contributed by atoms with Crippen LogP contribution in [0.4, 0.5) is 0 Å². The van der Waals surface area contributed by atoms with Gasteiger partial charge in [-0.1, -0.05) is 54.6 Å². The molecule has 142 valence electrons. The first kappa shape index (κ1) is 19.0. The molecule has 1 heterocycles. The van der Waals surface area contributed by atoms with Gasteiger partial charge in [0.15, 0.2) is 5.96 Å². The molecule has 3 rings (SSSR count). The van der Waals surface area contributed by atoms with Crippen LogP contribution in [-0.4, -0.2) is 29.9 Å². The summed E-state index contributed by atoms with van der Waals surface area (Å²) in [7, 11) is 0. The highest BCUT2D eigenvalue weighted by Crippen LogP contribution is 2.15. The van der Waals surface area contributed by atoms with Crippen molar-refractivity contribution in [3.63, 3.8) is 0 Å². The van der Waals surface area contributed by atoms with Gasteiger partial charge in [0.05, 0.1) is 6.54 Å². The third-order valence-corrected chi connectivity index (χ3v) is 4.60. The number of nitrogens with one attached hydrogen (secondary N) is 2. The monoisotopic (exact) mass is 364 g/mol. The van der Waals surface area contributed by atoms with E-state index in [1.807, 2.05) is 29.2 Å². The maximum atomic E-state index is 11.8. The van der Waals surface area contributed by atoms with Gasteiger partial charge in [0.1, 0.15) is 0 Å². The van der Waals surface area contributed by atoms with E-state index in [1.165, 1.54) is 11.1 Å². The molecule has 1 fully saturated rings. The van der Waals surface area contributed by atoms with Crippen LogP contribution in [0.1, 0.15) is 36.5 Å². The highest BCUT2D eigenvalue weighted by Gasteiger charge is 2.19. The van der Waals surface area contributed by atoms with Crippen LogP contribution in [0.2, 0.25) is 0 Å². The fourth-order valence-electron chi connectivity index (χ4n) is 3.21. The predicted molar refractivity (Wildman–Crippen MR) is 109 cm³/mol. The Labute approximate surface area is 161 Å². The van der Waals surface area contributed by atoms with Gasteiger partial charge in [-0.2, -0.15) is 0 Å². The fourth-order valence-corrected chi connectivity index (χ4v) is 3.21. The van der Waals surface area contributed by atoms with Crippen molar-refractivity contribution in [2.24, 2.45) is 4.99 Å². The van der Waals surface area contributed by atoms with Crippen LogP contribution in [0.25, 0.3) is 0 Å². The van der Waals surface area contributed by atoms with E-state index < -0.39 is 0 Å². The summed E-state index contributed by atoms with van der Waals surface area (Å²) >= 11 is 0. The number of hydrogen-bond acceptors (Lipinski definition) is 2. The predicted octanol–water partition coefficient (Wildman–Crippen LogP) is 3.06. The van der Waals surface area contributed by atoms with Crippen LogP contribution in [0.5, 0.6) is 0 Å². The zero-order valence-corrected chi connectivity index (χ0v) is 15.9. The van der Waals surface area contributed by atoms with Gasteiger partial charge in [-0.25, -0.2) is 4.99 Å². The van der Waals surface area contributed by atoms with E-state index in [9.17, 15) is 4.79 Å². The van der Waals surface area contributed by atoms with E-state index in [4.69, 9.17) is 4.99 Å². The highest BCUT2D eigenvalue weighted by molar-refractivity contribution is 5.79. The lowest BCUT2D eigenvalue weighted by Crippen LogP contribution is -2.36. The van der Waals surface area contributed by atoms with Crippen LogP contribution in [-0.2, 0) is 24.4 Å². The van der Waals surface area contributed by atoms with Gasteiger partial charge in [-0.15, -0.1) is 0 Å². The number of aliphatic imine (C=N–C) groups is 1. The summed E-state index contributed by atoms with van der Waals surface area (Å²) in [5.74, 6) is 1.07. The maximum absolute atomic E-state index is 11.8. The molecule has 1 amide bonds. The van der Waals surface area contributed by atoms with Crippen molar-refractivity contribution < 1.29 is 4.79 Å².